The molecule has 3 rings (SSSR count). The lowest BCUT2D eigenvalue weighted by Gasteiger charge is -2.10. The van der Waals surface area contributed by atoms with Crippen LogP contribution < -0.4 is 19.5 Å². The zero-order valence-corrected chi connectivity index (χ0v) is 17.8. The van der Waals surface area contributed by atoms with E-state index in [-0.39, 0.29) is 5.57 Å². The smallest absolute Gasteiger partial charge is 0.266 e. The molecule has 0 atom stereocenters. The summed E-state index contributed by atoms with van der Waals surface area (Å²) in [4.78, 5) is 12.7. The summed E-state index contributed by atoms with van der Waals surface area (Å²) in [5, 5.41) is 19.6. The molecule has 0 radical (unpaired) electrons. The van der Waals surface area contributed by atoms with Crippen LogP contribution >= 0.6 is 11.6 Å². The molecule has 2 aromatic carbocycles. The molecule has 1 heterocycles. The molecule has 0 aliphatic rings. The lowest BCUT2D eigenvalue weighted by molar-refractivity contribution is -0.112. The highest BCUT2D eigenvalue weighted by Gasteiger charge is 2.16. The van der Waals surface area contributed by atoms with Crippen LogP contribution in [0, 0.1) is 11.3 Å². The average Bonchev–Trinajstić information content (AvgIpc) is 3.25. The number of anilines is 1. The molecule has 2 N–H and O–H groups in total. The van der Waals surface area contributed by atoms with E-state index in [0.717, 1.165) is 5.56 Å². The Bertz CT molecular complexity index is 1180. The minimum atomic E-state index is -0.609. The number of amides is 1. The van der Waals surface area contributed by atoms with Crippen molar-refractivity contribution in [3.63, 3.8) is 0 Å². The third kappa shape index (κ3) is 4.79. The number of nitrogens with one attached hydrogen (secondary N) is 2. The second-order valence-corrected chi connectivity index (χ2v) is 6.68. The molecule has 0 fully saturated rings. The fraction of sp³-hybridized carbons (Fsp3) is 0.136. The highest BCUT2D eigenvalue weighted by atomic mass is 35.5. The Morgan fingerprint density at radius 1 is 1.10 bits per heavy atom. The maximum Gasteiger partial charge on any atom is 0.266 e. The Morgan fingerprint density at radius 2 is 1.81 bits per heavy atom. The Balaban J connectivity index is 1.93. The van der Waals surface area contributed by atoms with Gasteiger partial charge in [-0.3, -0.25) is 9.89 Å². The number of aromatic nitrogens is 2. The third-order valence-corrected chi connectivity index (χ3v) is 4.65. The minimum Gasteiger partial charge on any atom is -0.495 e. The molecule has 0 spiro atoms. The van der Waals surface area contributed by atoms with Gasteiger partial charge in [-0.1, -0.05) is 11.6 Å². The van der Waals surface area contributed by atoms with Crippen LogP contribution in [-0.4, -0.2) is 37.4 Å². The highest BCUT2D eigenvalue weighted by molar-refractivity contribution is 6.31. The van der Waals surface area contributed by atoms with Crippen molar-refractivity contribution < 1.29 is 19.0 Å². The molecule has 0 saturated heterocycles. The molecular formula is C22H19ClN4O4. The predicted octanol–water partition coefficient (Wildman–Crippen LogP) is 4.30. The lowest BCUT2D eigenvalue weighted by Crippen LogP contribution is -2.14. The zero-order chi connectivity index (χ0) is 22.4. The number of halogens is 1. The number of carbonyl (C=O) groups is 1. The Labute approximate surface area is 184 Å². The highest BCUT2D eigenvalue weighted by Crippen LogP contribution is 2.33. The molecule has 0 aliphatic heterocycles. The van der Waals surface area contributed by atoms with Crippen molar-refractivity contribution in [3.05, 3.63) is 58.8 Å². The molecule has 0 bridgehead atoms. The first kappa shape index (κ1) is 21.7. The van der Waals surface area contributed by atoms with Gasteiger partial charge < -0.3 is 19.5 Å². The van der Waals surface area contributed by atoms with Gasteiger partial charge in [-0.2, -0.15) is 10.4 Å². The Kier molecular flexibility index (Phi) is 6.80. The maximum atomic E-state index is 12.7. The second-order valence-electron chi connectivity index (χ2n) is 6.24. The van der Waals surface area contributed by atoms with Crippen LogP contribution in [0.3, 0.4) is 0 Å². The molecule has 3 aromatic rings. The molecule has 9 heteroatoms. The Hall–Kier alpha value is -3.96. The number of methoxy groups -OCH3 is 3. The summed E-state index contributed by atoms with van der Waals surface area (Å²) >= 11 is 6.00. The van der Waals surface area contributed by atoms with E-state index in [1.54, 1.807) is 37.4 Å². The van der Waals surface area contributed by atoms with Gasteiger partial charge in [0.15, 0.2) is 11.5 Å². The van der Waals surface area contributed by atoms with E-state index in [0.29, 0.717) is 39.2 Å². The van der Waals surface area contributed by atoms with Crippen LogP contribution in [0.2, 0.25) is 5.02 Å². The number of nitriles is 1. The lowest BCUT2D eigenvalue weighted by atomic mass is 10.1. The fourth-order valence-corrected chi connectivity index (χ4v) is 3.07. The van der Waals surface area contributed by atoms with Crippen LogP contribution in [0.15, 0.2) is 48.2 Å². The SMILES string of the molecule is COc1ccc(Cl)cc1NC(=O)/C(C#N)=C\c1cn[nH]c1-c1ccc(OC)c(OC)c1. The van der Waals surface area contributed by atoms with Gasteiger partial charge in [0.2, 0.25) is 0 Å². The van der Waals surface area contributed by atoms with E-state index < -0.39 is 5.91 Å². The molecule has 0 saturated carbocycles. The van der Waals surface area contributed by atoms with Gasteiger partial charge in [0.1, 0.15) is 17.4 Å². The summed E-state index contributed by atoms with van der Waals surface area (Å²) in [7, 11) is 4.56. The van der Waals surface area contributed by atoms with Crippen LogP contribution in [0.1, 0.15) is 5.56 Å². The number of ether oxygens (including phenoxy) is 3. The van der Waals surface area contributed by atoms with Crippen molar-refractivity contribution in [2.45, 2.75) is 0 Å². The number of carbonyl (C=O) groups excluding carboxylic acids is 1. The van der Waals surface area contributed by atoms with Gasteiger partial charge in [0, 0.05) is 16.1 Å². The number of hydrogen-bond acceptors (Lipinski definition) is 6. The van der Waals surface area contributed by atoms with Crippen molar-refractivity contribution in [3.8, 4) is 34.6 Å². The van der Waals surface area contributed by atoms with Crippen molar-refractivity contribution >= 4 is 29.3 Å². The summed E-state index contributed by atoms with van der Waals surface area (Å²) in [6.07, 6.45) is 2.97. The van der Waals surface area contributed by atoms with E-state index in [1.165, 1.54) is 26.5 Å². The van der Waals surface area contributed by atoms with Crippen LogP contribution in [-0.2, 0) is 4.79 Å². The largest absolute Gasteiger partial charge is 0.495 e. The molecule has 158 valence electrons. The van der Waals surface area contributed by atoms with Gasteiger partial charge >= 0.3 is 0 Å². The summed E-state index contributed by atoms with van der Waals surface area (Å²) in [6, 6.07) is 12.1. The van der Waals surface area contributed by atoms with E-state index in [2.05, 4.69) is 15.5 Å². The van der Waals surface area contributed by atoms with E-state index >= 15 is 0 Å². The first-order valence-electron chi connectivity index (χ1n) is 9.03. The Morgan fingerprint density at radius 3 is 2.48 bits per heavy atom. The van der Waals surface area contributed by atoms with Crippen molar-refractivity contribution in [1.82, 2.24) is 10.2 Å². The van der Waals surface area contributed by atoms with Gasteiger partial charge in [-0.25, -0.2) is 0 Å². The first-order valence-corrected chi connectivity index (χ1v) is 9.41. The van der Waals surface area contributed by atoms with Crippen molar-refractivity contribution in [2.75, 3.05) is 26.6 Å². The average molecular weight is 439 g/mol. The van der Waals surface area contributed by atoms with Crippen LogP contribution in [0.5, 0.6) is 17.2 Å². The summed E-state index contributed by atoms with van der Waals surface area (Å²) in [5.41, 5.74) is 2.15. The maximum absolute atomic E-state index is 12.7. The molecule has 31 heavy (non-hydrogen) atoms. The summed E-state index contributed by atoms with van der Waals surface area (Å²) in [5.74, 6) is 0.929. The number of hydrogen-bond donors (Lipinski definition) is 2. The van der Waals surface area contributed by atoms with Gasteiger partial charge in [0.05, 0.1) is 38.9 Å². The zero-order valence-electron chi connectivity index (χ0n) is 17.0. The second kappa shape index (κ2) is 9.69. The predicted molar refractivity (Wildman–Crippen MR) is 117 cm³/mol. The monoisotopic (exact) mass is 438 g/mol. The summed E-state index contributed by atoms with van der Waals surface area (Å²) < 4.78 is 15.8. The number of benzene rings is 2. The fourth-order valence-electron chi connectivity index (χ4n) is 2.90. The minimum absolute atomic E-state index is 0.120. The molecule has 1 amide bonds. The van der Waals surface area contributed by atoms with E-state index in [1.807, 2.05) is 12.1 Å². The van der Waals surface area contributed by atoms with Crippen LogP contribution in [0.25, 0.3) is 17.3 Å². The van der Waals surface area contributed by atoms with Crippen molar-refractivity contribution in [2.24, 2.45) is 0 Å². The van der Waals surface area contributed by atoms with E-state index in [9.17, 15) is 10.1 Å². The number of aromatic amines is 1. The van der Waals surface area contributed by atoms with Crippen LogP contribution in [0.4, 0.5) is 5.69 Å². The van der Waals surface area contributed by atoms with Gasteiger partial charge in [0.25, 0.3) is 5.91 Å². The number of H-pyrrole nitrogens is 1. The summed E-state index contributed by atoms with van der Waals surface area (Å²) in [6.45, 7) is 0. The third-order valence-electron chi connectivity index (χ3n) is 4.42. The molecular weight excluding hydrogens is 420 g/mol. The first-order chi connectivity index (χ1) is 15.0. The normalized spacial score (nSPS) is 10.9. The quantitative estimate of drug-likeness (QED) is 0.420. The number of rotatable bonds is 7. The number of nitrogens with zero attached hydrogens (tertiary/aromatic N) is 2. The molecule has 1 aromatic heterocycles. The van der Waals surface area contributed by atoms with Gasteiger partial charge in [-0.15, -0.1) is 0 Å². The molecule has 0 aliphatic carbocycles. The van der Waals surface area contributed by atoms with E-state index in [4.69, 9.17) is 25.8 Å². The molecule has 8 nitrogen and oxygen atoms in total. The van der Waals surface area contributed by atoms with Gasteiger partial charge in [-0.05, 0) is 42.5 Å². The standard InChI is InChI=1S/C22H19ClN4O4/c1-29-18-7-5-16(23)10-17(18)26-22(28)14(11-24)8-15-12-25-27-21(15)13-4-6-19(30-2)20(9-13)31-3/h4-10,12H,1-3H3,(H,25,27)(H,26,28)/b14-8-. The molecule has 0 unspecified atom stereocenters. The van der Waals surface area contributed by atoms with Crippen molar-refractivity contribution in [1.29, 1.82) is 5.26 Å². The topological polar surface area (TPSA) is 109 Å².